The first-order chi connectivity index (χ1) is 11.0. The standard InChI is InChI=1S/C20H25NO2/c1-5-18(23-19-12-14(2)10-11-16(19)4)20(22)21-13-17-9-7-6-8-15(17)3/h6-12,18H,5,13H2,1-4H3,(H,21,22)/t18-/m0/s1. The van der Waals surface area contributed by atoms with Crippen LogP contribution in [0.2, 0.25) is 0 Å². The largest absolute Gasteiger partial charge is 0.480 e. The third-order valence-corrected chi connectivity index (χ3v) is 3.99. The highest BCUT2D eigenvalue weighted by Gasteiger charge is 2.19. The molecule has 2 aromatic rings. The third kappa shape index (κ3) is 4.59. The summed E-state index contributed by atoms with van der Waals surface area (Å²) in [7, 11) is 0. The number of carbonyl (C=O) groups excluding carboxylic acids is 1. The number of ether oxygens (including phenoxy) is 1. The lowest BCUT2D eigenvalue weighted by atomic mass is 10.1. The van der Waals surface area contributed by atoms with E-state index in [9.17, 15) is 4.79 Å². The molecule has 1 N–H and O–H groups in total. The summed E-state index contributed by atoms with van der Waals surface area (Å²) >= 11 is 0. The monoisotopic (exact) mass is 311 g/mol. The van der Waals surface area contributed by atoms with E-state index in [4.69, 9.17) is 4.74 Å². The number of carbonyl (C=O) groups is 1. The molecule has 1 atom stereocenters. The summed E-state index contributed by atoms with van der Waals surface area (Å²) < 4.78 is 5.94. The van der Waals surface area contributed by atoms with Crippen LogP contribution >= 0.6 is 0 Å². The molecule has 0 spiro atoms. The molecule has 0 aromatic heterocycles. The van der Waals surface area contributed by atoms with Crippen LogP contribution in [-0.2, 0) is 11.3 Å². The molecule has 122 valence electrons. The minimum atomic E-state index is -0.473. The van der Waals surface area contributed by atoms with Crippen LogP contribution in [0.3, 0.4) is 0 Å². The number of rotatable bonds is 6. The van der Waals surface area contributed by atoms with Gasteiger partial charge in [-0.1, -0.05) is 43.3 Å². The van der Waals surface area contributed by atoms with Gasteiger partial charge >= 0.3 is 0 Å². The average molecular weight is 311 g/mol. The molecule has 0 bridgehead atoms. The second-order valence-corrected chi connectivity index (χ2v) is 5.93. The van der Waals surface area contributed by atoms with Gasteiger partial charge in [0.1, 0.15) is 5.75 Å². The van der Waals surface area contributed by atoms with Gasteiger partial charge in [-0.3, -0.25) is 4.79 Å². The molecule has 2 aromatic carbocycles. The number of amides is 1. The van der Waals surface area contributed by atoms with E-state index in [-0.39, 0.29) is 5.91 Å². The van der Waals surface area contributed by atoms with E-state index >= 15 is 0 Å². The van der Waals surface area contributed by atoms with E-state index in [0.717, 1.165) is 22.4 Å². The van der Waals surface area contributed by atoms with Crippen molar-refractivity contribution in [1.82, 2.24) is 5.32 Å². The van der Waals surface area contributed by atoms with Gasteiger partial charge in [-0.15, -0.1) is 0 Å². The molecule has 0 unspecified atom stereocenters. The van der Waals surface area contributed by atoms with Crippen molar-refractivity contribution in [2.75, 3.05) is 0 Å². The number of aryl methyl sites for hydroxylation is 3. The quantitative estimate of drug-likeness (QED) is 0.872. The Morgan fingerprint density at radius 2 is 1.83 bits per heavy atom. The van der Waals surface area contributed by atoms with Crippen molar-refractivity contribution in [3.05, 3.63) is 64.7 Å². The van der Waals surface area contributed by atoms with Crippen LogP contribution in [0.1, 0.15) is 35.6 Å². The van der Waals surface area contributed by atoms with Gasteiger partial charge in [-0.2, -0.15) is 0 Å². The first-order valence-corrected chi connectivity index (χ1v) is 8.07. The van der Waals surface area contributed by atoms with Crippen molar-refractivity contribution < 1.29 is 9.53 Å². The normalized spacial score (nSPS) is 11.8. The zero-order valence-corrected chi connectivity index (χ0v) is 14.3. The van der Waals surface area contributed by atoms with Gasteiger partial charge in [-0.25, -0.2) is 0 Å². The Balaban J connectivity index is 2.01. The Morgan fingerprint density at radius 1 is 1.09 bits per heavy atom. The Hall–Kier alpha value is -2.29. The van der Waals surface area contributed by atoms with Crippen LogP contribution in [0.15, 0.2) is 42.5 Å². The Kier molecular flexibility index (Phi) is 5.80. The van der Waals surface area contributed by atoms with Gasteiger partial charge in [0.2, 0.25) is 0 Å². The van der Waals surface area contributed by atoms with Crippen molar-refractivity contribution >= 4 is 5.91 Å². The van der Waals surface area contributed by atoms with E-state index < -0.39 is 6.10 Å². The Labute approximate surface area is 138 Å². The van der Waals surface area contributed by atoms with Crippen LogP contribution in [-0.4, -0.2) is 12.0 Å². The van der Waals surface area contributed by atoms with Crippen LogP contribution in [0.5, 0.6) is 5.75 Å². The van der Waals surface area contributed by atoms with Gasteiger partial charge in [-0.05, 0) is 55.5 Å². The first-order valence-electron chi connectivity index (χ1n) is 8.07. The van der Waals surface area contributed by atoms with E-state index in [0.29, 0.717) is 13.0 Å². The molecular formula is C20H25NO2. The van der Waals surface area contributed by atoms with Crippen LogP contribution in [0, 0.1) is 20.8 Å². The average Bonchev–Trinajstić information content (AvgIpc) is 2.54. The summed E-state index contributed by atoms with van der Waals surface area (Å²) in [5.41, 5.74) is 4.47. The molecule has 1 amide bonds. The van der Waals surface area contributed by atoms with E-state index in [1.54, 1.807) is 0 Å². The second kappa shape index (κ2) is 7.82. The second-order valence-electron chi connectivity index (χ2n) is 5.93. The topological polar surface area (TPSA) is 38.3 Å². The maximum absolute atomic E-state index is 12.4. The lowest BCUT2D eigenvalue weighted by molar-refractivity contribution is -0.128. The van der Waals surface area contributed by atoms with Crippen molar-refractivity contribution in [2.45, 2.75) is 46.8 Å². The highest BCUT2D eigenvalue weighted by atomic mass is 16.5. The summed E-state index contributed by atoms with van der Waals surface area (Å²) in [4.78, 5) is 12.4. The fourth-order valence-corrected chi connectivity index (χ4v) is 2.41. The zero-order valence-electron chi connectivity index (χ0n) is 14.3. The Bertz CT molecular complexity index is 679. The van der Waals surface area contributed by atoms with Gasteiger partial charge in [0.15, 0.2) is 6.10 Å². The van der Waals surface area contributed by atoms with E-state index in [1.807, 2.05) is 70.2 Å². The van der Waals surface area contributed by atoms with Gasteiger partial charge in [0, 0.05) is 6.54 Å². The third-order valence-electron chi connectivity index (χ3n) is 3.99. The highest BCUT2D eigenvalue weighted by Crippen LogP contribution is 2.21. The summed E-state index contributed by atoms with van der Waals surface area (Å²) in [6.07, 6.45) is 0.159. The van der Waals surface area contributed by atoms with Crippen LogP contribution in [0.4, 0.5) is 0 Å². The maximum atomic E-state index is 12.4. The lowest BCUT2D eigenvalue weighted by Gasteiger charge is -2.19. The highest BCUT2D eigenvalue weighted by molar-refractivity contribution is 5.81. The molecule has 3 nitrogen and oxygen atoms in total. The van der Waals surface area contributed by atoms with Gasteiger partial charge in [0.25, 0.3) is 5.91 Å². The molecule has 0 aliphatic heterocycles. The molecule has 23 heavy (non-hydrogen) atoms. The summed E-state index contributed by atoms with van der Waals surface area (Å²) in [5.74, 6) is 0.708. The molecule has 0 aliphatic rings. The molecule has 0 saturated carbocycles. The number of hydrogen-bond donors (Lipinski definition) is 1. The summed E-state index contributed by atoms with van der Waals surface area (Å²) in [5, 5.41) is 2.98. The molecule has 0 heterocycles. The maximum Gasteiger partial charge on any atom is 0.261 e. The number of nitrogens with one attached hydrogen (secondary N) is 1. The molecule has 0 saturated heterocycles. The van der Waals surface area contributed by atoms with Crippen molar-refractivity contribution in [3.63, 3.8) is 0 Å². The minimum absolute atomic E-state index is 0.0725. The molecule has 0 radical (unpaired) electrons. The minimum Gasteiger partial charge on any atom is -0.480 e. The smallest absolute Gasteiger partial charge is 0.261 e. The zero-order chi connectivity index (χ0) is 16.8. The van der Waals surface area contributed by atoms with Crippen molar-refractivity contribution in [3.8, 4) is 5.75 Å². The van der Waals surface area contributed by atoms with Crippen molar-refractivity contribution in [1.29, 1.82) is 0 Å². The van der Waals surface area contributed by atoms with Gasteiger partial charge in [0.05, 0.1) is 0 Å². The van der Waals surface area contributed by atoms with E-state index in [1.165, 1.54) is 5.56 Å². The predicted molar refractivity (Wildman–Crippen MR) is 93.6 cm³/mol. The van der Waals surface area contributed by atoms with Crippen molar-refractivity contribution in [2.24, 2.45) is 0 Å². The number of benzene rings is 2. The first kappa shape index (κ1) is 17.1. The fraction of sp³-hybridized carbons (Fsp3) is 0.350. The van der Waals surface area contributed by atoms with E-state index in [2.05, 4.69) is 5.32 Å². The predicted octanol–water partition coefficient (Wildman–Crippen LogP) is 4.09. The molecule has 0 fully saturated rings. The molecule has 3 heteroatoms. The molecular weight excluding hydrogens is 286 g/mol. The SMILES string of the molecule is CC[C@H](Oc1cc(C)ccc1C)C(=O)NCc1ccccc1C. The fourth-order valence-electron chi connectivity index (χ4n) is 2.41. The van der Waals surface area contributed by atoms with Crippen LogP contribution in [0.25, 0.3) is 0 Å². The Morgan fingerprint density at radius 3 is 2.52 bits per heavy atom. The van der Waals surface area contributed by atoms with Crippen LogP contribution < -0.4 is 10.1 Å². The summed E-state index contributed by atoms with van der Waals surface area (Å²) in [6, 6.07) is 14.1. The molecule has 2 rings (SSSR count). The number of hydrogen-bond acceptors (Lipinski definition) is 2. The van der Waals surface area contributed by atoms with Gasteiger partial charge < -0.3 is 10.1 Å². The molecule has 0 aliphatic carbocycles. The lowest BCUT2D eigenvalue weighted by Crippen LogP contribution is -2.37. The summed E-state index contributed by atoms with van der Waals surface area (Å²) in [6.45, 7) is 8.55.